The summed E-state index contributed by atoms with van der Waals surface area (Å²) in [5.74, 6) is 0.817. The maximum absolute atomic E-state index is 6.30. The third-order valence-corrected chi connectivity index (χ3v) is 5.46. The highest BCUT2D eigenvalue weighted by atomic mass is 35.5. The van der Waals surface area contributed by atoms with E-state index in [-0.39, 0.29) is 6.04 Å². The molecular formula is C19H21Cl3N2O. The predicted molar refractivity (Wildman–Crippen MR) is 105 cm³/mol. The quantitative estimate of drug-likeness (QED) is 0.779. The molecule has 1 heterocycles. The van der Waals surface area contributed by atoms with Crippen LogP contribution in [-0.2, 0) is 0 Å². The Balaban J connectivity index is 2.11. The lowest BCUT2D eigenvalue weighted by atomic mass is 9.95. The van der Waals surface area contributed by atoms with Gasteiger partial charge in [0.05, 0.1) is 23.2 Å². The first-order valence-electron chi connectivity index (χ1n) is 8.33. The summed E-state index contributed by atoms with van der Waals surface area (Å²) in [6, 6.07) is 11.6. The number of rotatable bonds is 4. The topological polar surface area (TPSA) is 24.5 Å². The number of methoxy groups -OCH3 is 1. The van der Waals surface area contributed by atoms with Gasteiger partial charge in [0.2, 0.25) is 0 Å². The van der Waals surface area contributed by atoms with E-state index in [1.54, 1.807) is 7.11 Å². The third kappa shape index (κ3) is 4.42. The molecule has 0 spiro atoms. The van der Waals surface area contributed by atoms with Crippen LogP contribution >= 0.6 is 34.8 Å². The van der Waals surface area contributed by atoms with E-state index in [0.717, 1.165) is 49.5 Å². The first kappa shape index (κ1) is 18.8. The number of halogens is 3. The maximum Gasteiger partial charge on any atom is 0.124 e. The number of nitrogens with zero attached hydrogens (tertiary/aromatic N) is 1. The van der Waals surface area contributed by atoms with Crippen molar-refractivity contribution in [3.63, 3.8) is 0 Å². The van der Waals surface area contributed by atoms with Crippen LogP contribution in [-0.4, -0.2) is 38.2 Å². The van der Waals surface area contributed by atoms with Gasteiger partial charge in [-0.25, -0.2) is 0 Å². The lowest BCUT2D eigenvalue weighted by Crippen LogP contribution is -2.33. The van der Waals surface area contributed by atoms with Crippen LogP contribution in [0, 0.1) is 0 Å². The molecule has 0 radical (unpaired) electrons. The van der Waals surface area contributed by atoms with E-state index in [2.05, 4.69) is 10.2 Å². The van der Waals surface area contributed by atoms with Crippen molar-refractivity contribution in [1.29, 1.82) is 0 Å². The number of benzene rings is 2. The van der Waals surface area contributed by atoms with Crippen LogP contribution in [0.25, 0.3) is 0 Å². The Morgan fingerprint density at radius 2 is 1.84 bits per heavy atom. The largest absolute Gasteiger partial charge is 0.496 e. The molecule has 1 fully saturated rings. The Morgan fingerprint density at radius 1 is 1.00 bits per heavy atom. The number of ether oxygens (including phenoxy) is 1. The molecule has 1 atom stereocenters. The van der Waals surface area contributed by atoms with Crippen molar-refractivity contribution in [3.8, 4) is 5.75 Å². The highest BCUT2D eigenvalue weighted by molar-refractivity contribution is 6.42. The highest BCUT2D eigenvalue weighted by Crippen LogP contribution is 2.38. The first-order valence-corrected chi connectivity index (χ1v) is 9.46. The molecular weight excluding hydrogens is 379 g/mol. The second kappa shape index (κ2) is 8.61. The molecule has 1 saturated heterocycles. The third-order valence-electron chi connectivity index (χ3n) is 4.49. The lowest BCUT2D eigenvalue weighted by molar-refractivity contribution is 0.236. The molecule has 0 aliphatic carbocycles. The molecule has 3 rings (SSSR count). The SMILES string of the molecule is COc1ccc(Cl)cc1C(c1ccc(Cl)c(Cl)c1)N1CCCNCC1. The second-order valence-corrected chi connectivity index (χ2v) is 7.35. The molecule has 1 aliphatic heterocycles. The molecule has 1 N–H and O–H groups in total. The molecule has 1 unspecified atom stereocenters. The van der Waals surface area contributed by atoms with E-state index in [9.17, 15) is 0 Å². The van der Waals surface area contributed by atoms with E-state index >= 15 is 0 Å². The Labute approximate surface area is 163 Å². The van der Waals surface area contributed by atoms with Gasteiger partial charge in [-0.05, 0) is 48.9 Å². The molecule has 6 heteroatoms. The zero-order valence-electron chi connectivity index (χ0n) is 14.1. The number of hydrogen-bond donors (Lipinski definition) is 1. The van der Waals surface area contributed by atoms with E-state index in [1.165, 1.54) is 0 Å². The molecule has 0 aromatic heterocycles. The van der Waals surface area contributed by atoms with E-state index in [0.29, 0.717) is 15.1 Å². The van der Waals surface area contributed by atoms with Crippen molar-refractivity contribution in [1.82, 2.24) is 10.2 Å². The Hall–Kier alpha value is -0.970. The van der Waals surface area contributed by atoms with Gasteiger partial charge >= 0.3 is 0 Å². The van der Waals surface area contributed by atoms with E-state index in [4.69, 9.17) is 39.5 Å². The standard InChI is InChI=1S/C19H21Cl3N2O/c1-25-18-6-4-14(20)12-15(18)19(24-9-2-7-23-8-10-24)13-3-5-16(21)17(22)11-13/h3-6,11-12,19,23H,2,7-10H2,1H3. The molecule has 0 saturated carbocycles. The van der Waals surface area contributed by atoms with Gasteiger partial charge in [-0.1, -0.05) is 40.9 Å². The summed E-state index contributed by atoms with van der Waals surface area (Å²) in [6.45, 7) is 3.88. The van der Waals surface area contributed by atoms with Crippen molar-refractivity contribution < 1.29 is 4.74 Å². The minimum Gasteiger partial charge on any atom is -0.496 e. The van der Waals surface area contributed by atoms with Gasteiger partial charge in [-0.3, -0.25) is 4.90 Å². The minimum atomic E-state index is 0.00307. The van der Waals surface area contributed by atoms with Gasteiger partial charge in [0.25, 0.3) is 0 Å². The summed E-state index contributed by atoms with van der Waals surface area (Å²) in [5, 5.41) is 5.25. The van der Waals surface area contributed by atoms with Gasteiger partial charge in [0, 0.05) is 30.2 Å². The van der Waals surface area contributed by atoms with Crippen LogP contribution in [0.4, 0.5) is 0 Å². The Kier molecular flexibility index (Phi) is 6.48. The van der Waals surface area contributed by atoms with Crippen molar-refractivity contribution in [3.05, 3.63) is 62.6 Å². The van der Waals surface area contributed by atoms with Crippen LogP contribution in [0.5, 0.6) is 5.75 Å². The fourth-order valence-electron chi connectivity index (χ4n) is 3.31. The van der Waals surface area contributed by atoms with E-state index < -0.39 is 0 Å². The smallest absolute Gasteiger partial charge is 0.124 e. The fourth-order valence-corrected chi connectivity index (χ4v) is 3.80. The maximum atomic E-state index is 6.30. The molecule has 2 aromatic rings. The van der Waals surface area contributed by atoms with Crippen LogP contribution in [0.3, 0.4) is 0 Å². The summed E-state index contributed by atoms with van der Waals surface area (Å²) in [6.07, 6.45) is 1.08. The van der Waals surface area contributed by atoms with Crippen molar-refractivity contribution in [2.75, 3.05) is 33.3 Å². The molecule has 134 valence electrons. The highest BCUT2D eigenvalue weighted by Gasteiger charge is 2.26. The summed E-state index contributed by atoms with van der Waals surface area (Å²) < 4.78 is 5.62. The molecule has 0 amide bonds. The van der Waals surface area contributed by atoms with Gasteiger partial charge in [-0.2, -0.15) is 0 Å². The summed E-state index contributed by atoms with van der Waals surface area (Å²) in [4.78, 5) is 2.44. The zero-order chi connectivity index (χ0) is 17.8. The van der Waals surface area contributed by atoms with Crippen molar-refractivity contribution in [2.24, 2.45) is 0 Å². The van der Waals surface area contributed by atoms with Crippen LogP contribution in [0.1, 0.15) is 23.6 Å². The van der Waals surface area contributed by atoms with Gasteiger partial charge in [0.15, 0.2) is 0 Å². The number of nitrogens with one attached hydrogen (secondary N) is 1. The first-order chi connectivity index (χ1) is 12.1. The fraction of sp³-hybridized carbons (Fsp3) is 0.368. The van der Waals surface area contributed by atoms with E-state index in [1.807, 2.05) is 36.4 Å². The summed E-state index contributed by atoms with van der Waals surface area (Å²) >= 11 is 18.7. The lowest BCUT2D eigenvalue weighted by Gasteiger charge is -2.32. The van der Waals surface area contributed by atoms with Gasteiger partial charge < -0.3 is 10.1 Å². The Morgan fingerprint density at radius 3 is 2.60 bits per heavy atom. The average molecular weight is 400 g/mol. The number of hydrogen-bond acceptors (Lipinski definition) is 3. The molecule has 0 bridgehead atoms. The molecule has 3 nitrogen and oxygen atoms in total. The van der Waals surface area contributed by atoms with Gasteiger partial charge in [-0.15, -0.1) is 0 Å². The molecule has 25 heavy (non-hydrogen) atoms. The van der Waals surface area contributed by atoms with Crippen molar-refractivity contribution >= 4 is 34.8 Å². The van der Waals surface area contributed by atoms with Crippen LogP contribution < -0.4 is 10.1 Å². The van der Waals surface area contributed by atoms with Crippen LogP contribution in [0.2, 0.25) is 15.1 Å². The predicted octanol–water partition coefficient (Wildman–Crippen LogP) is 5.04. The van der Waals surface area contributed by atoms with Gasteiger partial charge in [0.1, 0.15) is 5.75 Å². The monoisotopic (exact) mass is 398 g/mol. The molecule has 1 aliphatic rings. The molecule has 2 aromatic carbocycles. The second-order valence-electron chi connectivity index (χ2n) is 6.10. The normalized spacial score (nSPS) is 17.1. The zero-order valence-corrected chi connectivity index (χ0v) is 16.3. The minimum absolute atomic E-state index is 0.00307. The summed E-state index contributed by atoms with van der Waals surface area (Å²) in [5.41, 5.74) is 2.12. The average Bonchev–Trinajstić information content (AvgIpc) is 2.88. The van der Waals surface area contributed by atoms with Crippen LogP contribution in [0.15, 0.2) is 36.4 Å². The Bertz CT molecular complexity index is 731. The summed E-state index contributed by atoms with van der Waals surface area (Å²) in [7, 11) is 1.68. The van der Waals surface area contributed by atoms with Crippen molar-refractivity contribution in [2.45, 2.75) is 12.5 Å².